The second-order valence-electron chi connectivity index (χ2n) is 7.37. The number of carbonyl (C=O) groups is 2. The number of benzene rings is 3. The van der Waals surface area contributed by atoms with Crippen molar-refractivity contribution in [1.29, 1.82) is 0 Å². The summed E-state index contributed by atoms with van der Waals surface area (Å²) >= 11 is 13.4. The minimum atomic E-state index is -0.108. The Kier molecular flexibility index (Phi) is 6.47. The molecule has 0 aromatic heterocycles. The van der Waals surface area contributed by atoms with Gasteiger partial charge in [0, 0.05) is 0 Å². The van der Waals surface area contributed by atoms with Crippen molar-refractivity contribution in [3.8, 4) is 0 Å². The Morgan fingerprint density at radius 3 is 1.26 bits per heavy atom. The zero-order valence-electron chi connectivity index (χ0n) is 17.6. The van der Waals surface area contributed by atoms with Gasteiger partial charge in [0.1, 0.15) is 9.98 Å². The van der Waals surface area contributed by atoms with E-state index in [4.69, 9.17) is 24.4 Å². The smallest absolute Gasteiger partial charge is 0.261 e. The molecule has 2 fully saturated rings. The van der Waals surface area contributed by atoms with E-state index in [1.54, 1.807) is 9.80 Å². The molecule has 5 rings (SSSR count). The predicted octanol–water partition coefficient (Wildman–Crippen LogP) is 7.77. The fraction of sp³-hybridized carbons (Fsp3) is 0. The van der Waals surface area contributed by atoms with Crippen LogP contribution in [0.1, 0.15) is 11.1 Å². The molecule has 0 saturated carbocycles. The van der Waals surface area contributed by atoms with Crippen molar-refractivity contribution in [2.45, 2.75) is 0 Å². The fourth-order valence-electron chi connectivity index (χ4n) is 3.53. The molecule has 2 aliphatic rings. The van der Waals surface area contributed by atoms with Crippen LogP contribution in [0.25, 0.3) is 12.2 Å². The highest BCUT2D eigenvalue weighted by Gasteiger charge is 2.33. The highest BCUT2D eigenvalue weighted by Crippen LogP contribution is 2.38. The largest absolute Gasteiger partial charge is 0.296 e. The molecule has 0 N–H and O–H groups in total. The number of thioether (sulfide) groups is 2. The van der Waals surface area contributed by atoms with Crippen LogP contribution in [0.15, 0.2) is 94.7 Å². The van der Waals surface area contributed by atoms with Crippen LogP contribution in [0.4, 0.5) is 21.0 Å². The molecule has 3 aromatic rings. The molecule has 166 valence electrons. The third-order valence-corrected chi connectivity index (χ3v) is 7.99. The third kappa shape index (κ3) is 4.50. The van der Waals surface area contributed by atoms with Gasteiger partial charge in [-0.3, -0.25) is 19.4 Å². The first kappa shape index (κ1) is 22.7. The topological polar surface area (TPSA) is 40.6 Å². The van der Waals surface area contributed by atoms with Crippen molar-refractivity contribution in [2.75, 3.05) is 9.80 Å². The summed E-state index contributed by atoms with van der Waals surface area (Å²) in [6.07, 6.45) is 3.83. The summed E-state index contributed by atoms with van der Waals surface area (Å²) in [5.74, 6) is 0. The molecular weight excluding hydrogens is 501 g/mol. The van der Waals surface area contributed by atoms with Crippen molar-refractivity contribution in [2.24, 2.45) is 0 Å². The van der Waals surface area contributed by atoms with Gasteiger partial charge in [0.2, 0.25) is 0 Å². The van der Waals surface area contributed by atoms with Crippen LogP contribution in [-0.4, -0.2) is 20.5 Å². The lowest BCUT2D eigenvalue weighted by Gasteiger charge is -2.14. The maximum absolute atomic E-state index is 12.5. The molecule has 2 saturated heterocycles. The first-order valence-corrected chi connectivity index (χ1v) is 12.7. The third-order valence-electron chi connectivity index (χ3n) is 5.15. The van der Waals surface area contributed by atoms with Crippen LogP contribution in [0.5, 0.6) is 0 Å². The molecule has 3 aromatic carbocycles. The van der Waals surface area contributed by atoms with Crippen molar-refractivity contribution >= 4 is 91.9 Å². The first-order valence-electron chi connectivity index (χ1n) is 10.3. The Morgan fingerprint density at radius 1 is 0.559 bits per heavy atom. The van der Waals surface area contributed by atoms with Crippen molar-refractivity contribution < 1.29 is 9.59 Å². The van der Waals surface area contributed by atoms with Crippen LogP contribution < -0.4 is 9.80 Å². The number of thiocarbonyl (C=S) groups is 2. The molecule has 0 bridgehead atoms. The van der Waals surface area contributed by atoms with E-state index >= 15 is 0 Å². The Bertz CT molecular complexity index is 1260. The Morgan fingerprint density at radius 2 is 0.912 bits per heavy atom. The van der Waals surface area contributed by atoms with Gasteiger partial charge in [-0.05, 0) is 71.1 Å². The first-order chi connectivity index (χ1) is 16.5. The van der Waals surface area contributed by atoms with E-state index in [9.17, 15) is 9.59 Å². The number of hydrogen-bond donors (Lipinski definition) is 0. The summed E-state index contributed by atoms with van der Waals surface area (Å²) in [6, 6.07) is 26.6. The van der Waals surface area contributed by atoms with Gasteiger partial charge in [0.25, 0.3) is 10.5 Å². The van der Waals surface area contributed by atoms with Gasteiger partial charge in [0.15, 0.2) is 0 Å². The summed E-state index contributed by atoms with van der Waals surface area (Å²) in [6.45, 7) is 0. The van der Waals surface area contributed by atoms with Crippen LogP contribution >= 0.6 is 48.0 Å². The van der Waals surface area contributed by atoms with E-state index in [1.807, 2.05) is 97.1 Å². The lowest BCUT2D eigenvalue weighted by molar-refractivity contribution is 0.267. The molecule has 0 radical (unpaired) electrons. The zero-order chi connectivity index (χ0) is 23.7. The lowest BCUT2D eigenvalue weighted by Crippen LogP contribution is -2.26. The number of anilines is 2. The van der Waals surface area contributed by atoms with E-state index < -0.39 is 0 Å². The minimum absolute atomic E-state index is 0.108. The van der Waals surface area contributed by atoms with Crippen LogP contribution in [0.3, 0.4) is 0 Å². The second kappa shape index (κ2) is 9.68. The van der Waals surface area contributed by atoms with Gasteiger partial charge in [0.05, 0.1) is 21.2 Å². The molecule has 2 heterocycles. The average Bonchev–Trinajstić information content (AvgIpc) is 3.29. The van der Waals surface area contributed by atoms with Gasteiger partial charge in [-0.2, -0.15) is 0 Å². The Hall–Kier alpha value is -3.04. The van der Waals surface area contributed by atoms with Gasteiger partial charge < -0.3 is 0 Å². The number of rotatable bonds is 4. The SMILES string of the molecule is O=C1S/C(=C/c2ccc(/C=C3/SC(=O)N(c4ccccc4)C3=S)cc2)C(=S)N1c1ccccc1. The van der Waals surface area contributed by atoms with Crippen molar-refractivity contribution in [3.05, 3.63) is 106 Å². The number of carbonyl (C=O) groups excluding carboxylic acids is 2. The molecule has 0 unspecified atom stereocenters. The monoisotopic (exact) mass is 516 g/mol. The maximum atomic E-state index is 12.5. The highest BCUT2D eigenvalue weighted by atomic mass is 32.2. The Balaban J connectivity index is 1.34. The maximum Gasteiger partial charge on any atom is 0.296 e. The average molecular weight is 517 g/mol. The van der Waals surface area contributed by atoms with E-state index in [2.05, 4.69) is 0 Å². The fourth-order valence-corrected chi connectivity index (χ4v) is 6.09. The summed E-state index contributed by atoms with van der Waals surface area (Å²) in [4.78, 5) is 30.6. The van der Waals surface area contributed by atoms with Crippen molar-refractivity contribution in [3.63, 3.8) is 0 Å². The minimum Gasteiger partial charge on any atom is -0.261 e. The van der Waals surface area contributed by atoms with E-state index in [-0.39, 0.29) is 10.5 Å². The zero-order valence-corrected chi connectivity index (χ0v) is 20.8. The number of hydrogen-bond acceptors (Lipinski definition) is 6. The highest BCUT2D eigenvalue weighted by molar-refractivity contribution is 8.20. The number of amides is 2. The van der Waals surface area contributed by atoms with Gasteiger partial charge >= 0.3 is 0 Å². The summed E-state index contributed by atoms with van der Waals surface area (Å²) in [7, 11) is 0. The molecule has 8 heteroatoms. The van der Waals surface area contributed by atoms with Crippen LogP contribution in [-0.2, 0) is 0 Å². The quantitative estimate of drug-likeness (QED) is 0.261. The molecule has 4 nitrogen and oxygen atoms in total. The standard InChI is InChI=1S/C26H16N2O2S4/c29-25-27(19-7-3-1-4-8-19)23(31)21(33-25)15-17-11-13-18(14-12-17)16-22-24(32)28(26(30)34-22)20-9-5-2-6-10-20/h1-16H/b21-15+,22-16+. The molecule has 2 aliphatic heterocycles. The van der Waals surface area contributed by atoms with E-state index in [1.165, 1.54) is 0 Å². The van der Waals surface area contributed by atoms with Gasteiger partial charge in [-0.1, -0.05) is 85.1 Å². The lowest BCUT2D eigenvalue weighted by atomic mass is 10.1. The Labute approximate surface area is 216 Å². The molecule has 0 spiro atoms. The summed E-state index contributed by atoms with van der Waals surface area (Å²) < 4.78 is 0. The van der Waals surface area contributed by atoms with Gasteiger partial charge in [-0.25, -0.2) is 0 Å². The molecule has 0 atom stereocenters. The number of para-hydroxylation sites is 2. The molecule has 34 heavy (non-hydrogen) atoms. The van der Waals surface area contributed by atoms with Crippen molar-refractivity contribution in [1.82, 2.24) is 0 Å². The van der Waals surface area contributed by atoms with Crippen LogP contribution in [0.2, 0.25) is 0 Å². The molecule has 2 amide bonds. The van der Waals surface area contributed by atoms with E-state index in [0.717, 1.165) is 55.8 Å². The molecular formula is C26H16N2O2S4. The summed E-state index contributed by atoms with van der Waals surface area (Å²) in [5, 5.41) is -0.216. The molecule has 0 aliphatic carbocycles. The second-order valence-corrected chi connectivity index (χ2v) is 10.1. The van der Waals surface area contributed by atoms with Gasteiger partial charge in [-0.15, -0.1) is 0 Å². The summed E-state index contributed by atoms with van der Waals surface area (Å²) in [5.41, 5.74) is 3.38. The normalized spacial score (nSPS) is 18.6. The number of nitrogens with zero attached hydrogens (tertiary/aromatic N) is 2. The van der Waals surface area contributed by atoms with E-state index in [0.29, 0.717) is 9.98 Å². The van der Waals surface area contributed by atoms with Crippen LogP contribution in [0, 0.1) is 0 Å². The predicted molar refractivity (Wildman–Crippen MR) is 151 cm³/mol.